The fourth-order valence-corrected chi connectivity index (χ4v) is 2.23. The Bertz CT molecular complexity index is 615. The molecular weight excluding hydrogens is 302 g/mol. The van der Waals surface area contributed by atoms with E-state index < -0.39 is 11.9 Å². The van der Waals surface area contributed by atoms with Gasteiger partial charge in [-0.3, -0.25) is 0 Å². The van der Waals surface area contributed by atoms with E-state index in [0.29, 0.717) is 21.4 Å². The van der Waals surface area contributed by atoms with Gasteiger partial charge < -0.3 is 9.84 Å². The average Bonchev–Trinajstić information content (AvgIpc) is 2.38. The van der Waals surface area contributed by atoms with Gasteiger partial charge in [0.1, 0.15) is 18.2 Å². The van der Waals surface area contributed by atoms with Crippen LogP contribution < -0.4 is 4.74 Å². The van der Waals surface area contributed by atoms with Gasteiger partial charge in [0.25, 0.3) is 0 Å². The molecule has 0 aliphatic carbocycles. The maximum Gasteiger partial charge on any atom is 0.125 e. The summed E-state index contributed by atoms with van der Waals surface area (Å²) >= 11 is 11.9. The van der Waals surface area contributed by atoms with E-state index in [-0.39, 0.29) is 6.61 Å². The molecule has 0 aromatic heterocycles. The van der Waals surface area contributed by atoms with Gasteiger partial charge in [-0.2, -0.15) is 0 Å². The van der Waals surface area contributed by atoms with Gasteiger partial charge >= 0.3 is 0 Å². The van der Waals surface area contributed by atoms with E-state index in [1.807, 2.05) is 0 Å². The molecule has 0 saturated heterocycles. The van der Waals surface area contributed by atoms with Crippen molar-refractivity contribution in [2.45, 2.75) is 19.6 Å². The van der Waals surface area contributed by atoms with Crippen LogP contribution >= 0.6 is 23.2 Å². The Morgan fingerprint density at radius 1 is 1.20 bits per heavy atom. The molecule has 0 bridgehead atoms. The third kappa shape index (κ3) is 3.63. The molecule has 2 aromatic rings. The van der Waals surface area contributed by atoms with Gasteiger partial charge in [0.05, 0.1) is 6.10 Å². The molecular formula is C15H13Cl2FO2. The molecule has 0 amide bonds. The molecule has 0 fully saturated rings. The standard InChI is InChI=1S/C15H13Cl2FO2/c1-9(19)13-7-12(18)4-5-15(13)20-8-10-2-3-11(16)6-14(10)17/h2-7,9,19H,8H2,1H3/t9-/m1/s1. The third-order valence-corrected chi connectivity index (χ3v) is 3.41. The summed E-state index contributed by atoms with van der Waals surface area (Å²) in [6, 6.07) is 9.13. The minimum Gasteiger partial charge on any atom is -0.488 e. The maximum atomic E-state index is 13.2. The number of rotatable bonds is 4. The van der Waals surface area contributed by atoms with Crippen molar-refractivity contribution in [2.75, 3.05) is 0 Å². The Morgan fingerprint density at radius 2 is 1.95 bits per heavy atom. The fourth-order valence-electron chi connectivity index (χ4n) is 1.77. The van der Waals surface area contributed by atoms with E-state index in [0.717, 1.165) is 5.56 Å². The first-order valence-electron chi connectivity index (χ1n) is 6.01. The van der Waals surface area contributed by atoms with Crippen molar-refractivity contribution < 1.29 is 14.2 Å². The summed E-state index contributed by atoms with van der Waals surface area (Å²) in [6.07, 6.45) is -0.818. The van der Waals surface area contributed by atoms with Gasteiger partial charge in [-0.15, -0.1) is 0 Å². The lowest BCUT2D eigenvalue weighted by Crippen LogP contribution is -2.02. The lowest BCUT2D eigenvalue weighted by atomic mass is 10.1. The number of halogens is 3. The van der Waals surface area contributed by atoms with Gasteiger partial charge in [0.2, 0.25) is 0 Å². The van der Waals surface area contributed by atoms with Crippen LogP contribution in [0, 0.1) is 5.82 Å². The maximum absolute atomic E-state index is 13.2. The van der Waals surface area contributed by atoms with E-state index in [9.17, 15) is 9.50 Å². The van der Waals surface area contributed by atoms with Crippen LogP contribution in [-0.2, 0) is 6.61 Å². The van der Waals surface area contributed by atoms with E-state index in [2.05, 4.69) is 0 Å². The lowest BCUT2D eigenvalue weighted by molar-refractivity contribution is 0.189. The van der Waals surface area contributed by atoms with Crippen LogP contribution in [0.1, 0.15) is 24.2 Å². The Morgan fingerprint density at radius 3 is 2.60 bits per heavy atom. The molecule has 0 saturated carbocycles. The van der Waals surface area contributed by atoms with Gasteiger partial charge in [-0.1, -0.05) is 29.3 Å². The smallest absolute Gasteiger partial charge is 0.125 e. The zero-order chi connectivity index (χ0) is 14.7. The second-order valence-corrected chi connectivity index (χ2v) is 5.23. The van der Waals surface area contributed by atoms with E-state index in [1.165, 1.54) is 18.2 Å². The van der Waals surface area contributed by atoms with Crippen LogP contribution in [-0.4, -0.2) is 5.11 Å². The second-order valence-electron chi connectivity index (χ2n) is 4.38. The summed E-state index contributed by atoms with van der Waals surface area (Å²) in [7, 11) is 0. The Labute approximate surface area is 126 Å². The highest BCUT2D eigenvalue weighted by molar-refractivity contribution is 6.35. The quantitative estimate of drug-likeness (QED) is 0.881. The largest absolute Gasteiger partial charge is 0.488 e. The summed E-state index contributed by atoms with van der Waals surface area (Å²) in [5, 5.41) is 10.7. The molecule has 2 nitrogen and oxygen atoms in total. The van der Waals surface area contributed by atoms with Crippen LogP contribution in [0.5, 0.6) is 5.75 Å². The highest BCUT2D eigenvalue weighted by Crippen LogP contribution is 2.28. The highest BCUT2D eigenvalue weighted by atomic mass is 35.5. The molecule has 0 spiro atoms. The van der Waals surface area contributed by atoms with Crippen LogP contribution in [0.4, 0.5) is 4.39 Å². The van der Waals surface area contributed by atoms with E-state index >= 15 is 0 Å². The molecule has 0 heterocycles. The topological polar surface area (TPSA) is 29.5 Å². The first kappa shape index (κ1) is 15.1. The Kier molecular flexibility index (Phi) is 4.86. The summed E-state index contributed by atoms with van der Waals surface area (Å²) in [4.78, 5) is 0. The first-order chi connectivity index (χ1) is 9.47. The Hall–Kier alpha value is -1.29. The fraction of sp³-hybridized carbons (Fsp3) is 0.200. The number of ether oxygens (including phenoxy) is 1. The monoisotopic (exact) mass is 314 g/mol. The number of aliphatic hydroxyl groups is 1. The number of benzene rings is 2. The van der Waals surface area contributed by atoms with E-state index in [1.54, 1.807) is 25.1 Å². The minimum atomic E-state index is -0.818. The van der Waals surface area contributed by atoms with E-state index in [4.69, 9.17) is 27.9 Å². The molecule has 2 rings (SSSR count). The second kappa shape index (κ2) is 6.44. The van der Waals surface area contributed by atoms with Crippen molar-refractivity contribution >= 4 is 23.2 Å². The van der Waals surface area contributed by atoms with Gasteiger partial charge in [-0.25, -0.2) is 4.39 Å². The predicted octanol–water partition coefficient (Wildman–Crippen LogP) is 4.76. The van der Waals surface area contributed by atoms with Crippen molar-refractivity contribution in [3.8, 4) is 5.75 Å². The number of hydrogen-bond donors (Lipinski definition) is 1. The lowest BCUT2D eigenvalue weighted by Gasteiger charge is -2.14. The molecule has 5 heteroatoms. The molecule has 0 radical (unpaired) electrons. The van der Waals surface area contributed by atoms with Gasteiger partial charge in [-0.05, 0) is 37.3 Å². The molecule has 0 unspecified atom stereocenters. The molecule has 106 valence electrons. The summed E-state index contributed by atoms with van der Waals surface area (Å²) < 4.78 is 18.8. The zero-order valence-corrected chi connectivity index (χ0v) is 12.2. The first-order valence-corrected chi connectivity index (χ1v) is 6.77. The number of aliphatic hydroxyl groups excluding tert-OH is 1. The number of hydrogen-bond acceptors (Lipinski definition) is 2. The molecule has 0 aliphatic heterocycles. The Balaban J connectivity index is 2.18. The predicted molar refractivity (Wildman–Crippen MR) is 77.8 cm³/mol. The van der Waals surface area contributed by atoms with Crippen molar-refractivity contribution in [2.24, 2.45) is 0 Å². The molecule has 20 heavy (non-hydrogen) atoms. The minimum absolute atomic E-state index is 0.210. The summed E-state index contributed by atoms with van der Waals surface area (Å²) in [5.41, 5.74) is 1.16. The van der Waals surface area contributed by atoms with Crippen LogP contribution in [0.3, 0.4) is 0 Å². The molecule has 2 aromatic carbocycles. The van der Waals surface area contributed by atoms with Crippen LogP contribution in [0.15, 0.2) is 36.4 Å². The van der Waals surface area contributed by atoms with Crippen LogP contribution in [0.25, 0.3) is 0 Å². The normalized spacial score (nSPS) is 12.2. The van der Waals surface area contributed by atoms with Crippen molar-refractivity contribution in [3.05, 3.63) is 63.4 Å². The zero-order valence-electron chi connectivity index (χ0n) is 10.7. The third-order valence-electron chi connectivity index (χ3n) is 2.82. The molecule has 1 atom stereocenters. The average molecular weight is 315 g/mol. The van der Waals surface area contributed by atoms with Crippen molar-refractivity contribution in [1.82, 2.24) is 0 Å². The van der Waals surface area contributed by atoms with Crippen LogP contribution in [0.2, 0.25) is 10.0 Å². The molecule has 1 N–H and O–H groups in total. The summed E-state index contributed by atoms with van der Waals surface area (Å²) in [5.74, 6) is 0.00481. The van der Waals surface area contributed by atoms with Gasteiger partial charge in [0, 0.05) is 21.2 Å². The summed E-state index contributed by atoms with van der Waals surface area (Å²) in [6.45, 7) is 1.76. The SMILES string of the molecule is C[C@@H](O)c1cc(F)ccc1OCc1ccc(Cl)cc1Cl. The highest BCUT2D eigenvalue weighted by Gasteiger charge is 2.11. The van der Waals surface area contributed by atoms with Gasteiger partial charge in [0.15, 0.2) is 0 Å². The van der Waals surface area contributed by atoms with Crippen molar-refractivity contribution in [1.29, 1.82) is 0 Å². The van der Waals surface area contributed by atoms with Crippen molar-refractivity contribution in [3.63, 3.8) is 0 Å². The molecule has 0 aliphatic rings.